The minimum absolute atomic E-state index is 0.00430. The third kappa shape index (κ3) is 5.98. The maximum Gasteiger partial charge on any atom is 0.430 e. The Morgan fingerprint density at radius 2 is 1.71 bits per heavy atom. The fourth-order valence-electron chi connectivity index (χ4n) is 4.76. The summed E-state index contributed by atoms with van der Waals surface area (Å²) in [4.78, 5) is 6.31. The number of methoxy groups -OCH3 is 1. The lowest BCUT2D eigenvalue weighted by molar-refractivity contribution is -0.376. The molecule has 2 heterocycles. The van der Waals surface area contributed by atoms with Crippen molar-refractivity contribution in [2.75, 3.05) is 31.6 Å². The zero-order chi connectivity index (χ0) is 30.2. The number of benzene rings is 1. The second-order valence-corrected chi connectivity index (χ2v) is 11.8. The summed E-state index contributed by atoms with van der Waals surface area (Å²) in [5.41, 5.74) is -5.69. The number of allylic oxidation sites excluding steroid dienone is 4. The van der Waals surface area contributed by atoms with Crippen molar-refractivity contribution in [1.29, 1.82) is 0 Å². The first-order valence-electron chi connectivity index (χ1n) is 12.2. The Morgan fingerprint density at radius 3 is 2.29 bits per heavy atom. The molecular weight excluding hydrogens is 596 g/mol. The predicted molar refractivity (Wildman–Crippen MR) is 143 cm³/mol. The van der Waals surface area contributed by atoms with Crippen molar-refractivity contribution in [2.45, 2.75) is 36.8 Å². The number of thiocarbonyl (C=S) groups is 1. The first kappa shape index (κ1) is 30.9. The number of alkyl halides is 6. The topological polar surface area (TPSA) is 83.0 Å². The predicted octanol–water partition coefficient (Wildman–Crippen LogP) is 4.68. The van der Waals surface area contributed by atoms with E-state index in [4.69, 9.17) is 17.0 Å². The van der Waals surface area contributed by atoms with Crippen molar-refractivity contribution in [2.24, 2.45) is 0 Å². The highest BCUT2D eigenvalue weighted by Gasteiger charge is 2.71. The van der Waals surface area contributed by atoms with Crippen LogP contribution in [-0.2, 0) is 22.0 Å². The highest BCUT2D eigenvalue weighted by atomic mass is 32.2. The van der Waals surface area contributed by atoms with Gasteiger partial charge in [0.1, 0.15) is 0 Å². The SMILES string of the molecule is COc1cccc(C[C@@H]2CN(S(=O)(=O)C3=CC=CCC3=S)CCN2c2ccc(C(O)(C(F)(F)F)C(F)(F)F)cc2)n1. The van der Waals surface area contributed by atoms with Gasteiger partial charge in [0.15, 0.2) is 0 Å². The van der Waals surface area contributed by atoms with E-state index in [1.165, 1.54) is 17.5 Å². The molecule has 0 unspecified atom stereocenters. The molecule has 1 aliphatic heterocycles. The Bertz CT molecular complexity index is 1440. The van der Waals surface area contributed by atoms with Crippen LogP contribution in [0.2, 0.25) is 0 Å². The van der Waals surface area contributed by atoms with Gasteiger partial charge in [0.05, 0.1) is 12.0 Å². The van der Waals surface area contributed by atoms with Gasteiger partial charge >= 0.3 is 12.4 Å². The molecular formula is C26H25F6N3O4S2. The quantitative estimate of drug-likeness (QED) is 0.355. The summed E-state index contributed by atoms with van der Waals surface area (Å²) in [6, 6.07) is 7.58. The number of sulfonamides is 1. The molecule has 7 nitrogen and oxygen atoms in total. The summed E-state index contributed by atoms with van der Waals surface area (Å²) in [7, 11) is -2.57. The van der Waals surface area contributed by atoms with Crippen LogP contribution in [0.15, 0.2) is 65.6 Å². The molecule has 41 heavy (non-hydrogen) atoms. The maximum atomic E-state index is 13.5. The van der Waals surface area contributed by atoms with Gasteiger partial charge < -0.3 is 14.7 Å². The summed E-state index contributed by atoms with van der Waals surface area (Å²) in [5.74, 6) is 0.307. The van der Waals surface area contributed by atoms with Crippen LogP contribution in [0.4, 0.5) is 32.0 Å². The van der Waals surface area contributed by atoms with Crippen LogP contribution in [0.5, 0.6) is 5.88 Å². The molecule has 0 amide bonds. The molecule has 15 heteroatoms. The number of aromatic nitrogens is 1. The van der Waals surface area contributed by atoms with Gasteiger partial charge in [0.2, 0.25) is 15.9 Å². The molecule has 0 bridgehead atoms. The Balaban J connectivity index is 1.69. The van der Waals surface area contributed by atoms with Crippen molar-refractivity contribution in [3.63, 3.8) is 0 Å². The molecule has 222 valence electrons. The van der Waals surface area contributed by atoms with Gasteiger partial charge in [-0.05, 0) is 24.3 Å². The fourth-order valence-corrected chi connectivity index (χ4v) is 6.83. The number of nitrogens with zero attached hydrogens (tertiary/aromatic N) is 3. The van der Waals surface area contributed by atoms with Gasteiger partial charge in [-0.25, -0.2) is 13.4 Å². The van der Waals surface area contributed by atoms with E-state index in [2.05, 4.69) is 4.98 Å². The van der Waals surface area contributed by atoms with E-state index < -0.39 is 39.6 Å². The normalized spacial score (nSPS) is 19.3. The number of hydrogen-bond donors (Lipinski definition) is 1. The molecule has 0 spiro atoms. The van der Waals surface area contributed by atoms with Crippen molar-refractivity contribution in [3.8, 4) is 5.88 Å². The number of anilines is 1. The highest BCUT2D eigenvalue weighted by molar-refractivity contribution is 7.96. The Kier molecular flexibility index (Phi) is 8.56. The molecule has 4 rings (SSSR count). The number of hydrogen-bond acceptors (Lipinski definition) is 7. The lowest BCUT2D eigenvalue weighted by atomic mass is 9.92. The lowest BCUT2D eigenvalue weighted by Gasteiger charge is -2.42. The van der Waals surface area contributed by atoms with Crippen molar-refractivity contribution >= 4 is 32.8 Å². The second-order valence-electron chi connectivity index (χ2n) is 9.42. The first-order valence-corrected chi connectivity index (χ1v) is 14.1. The van der Waals surface area contributed by atoms with Crippen LogP contribution < -0.4 is 9.64 Å². The third-order valence-electron chi connectivity index (χ3n) is 6.90. The number of pyridine rings is 1. The van der Waals surface area contributed by atoms with E-state index >= 15 is 0 Å². The highest BCUT2D eigenvalue weighted by Crippen LogP contribution is 2.50. The first-order chi connectivity index (χ1) is 19.1. The molecule has 1 aromatic heterocycles. The molecule has 1 atom stereocenters. The number of piperazine rings is 1. The van der Waals surface area contributed by atoms with Crippen LogP contribution in [0.3, 0.4) is 0 Å². The van der Waals surface area contributed by atoms with E-state index in [9.17, 15) is 39.9 Å². The summed E-state index contributed by atoms with van der Waals surface area (Å²) in [6.07, 6.45) is -6.81. The number of halogens is 6. The van der Waals surface area contributed by atoms with Gasteiger partial charge in [0, 0.05) is 66.4 Å². The lowest BCUT2D eigenvalue weighted by Crippen LogP contribution is -2.56. The monoisotopic (exact) mass is 621 g/mol. The Morgan fingerprint density at radius 1 is 1.05 bits per heavy atom. The van der Waals surface area contributed by atoms with Crippen LogP contribution in [-0.4, -0.2) is 72.8 Å². The maximum absolute atomic E-state index is 13.5. The minimum Gasteiger partial charge on any atom is -0.481 e. The summed E-state index contributed by atoms with van der Waals surface area (Å²) in [5, 5.41) is 9.74. The fraction of sp³-hybridized carbons (Fsp3) is 0.385. The zero-order valence-corrected chi connectivity index (χ0v) is 23.1. The van der Waals surface area contributed by atoms with Gasteiger partial charge in [0.25, 0.3) is 5.60 Å². The smallest absolute Gasteiger partial charge is 0.430 e. The van der Waals surface area contributed by atoms with Crippen molar-refractivity contribution < 1.29 is 44.6 Å². The van der Waals surface area contributed by atoms with Gasteiger partial charge in [-0.3, -0.25) is 0 Å². The van der Waals surface area contributed by atoms with E-state index in [1.807, 2.05) is 0 Å². The molecule has 1 aliphatic carbocycles. The largest absolute Gasteiger partial charge is 0.481 e. The van der Waals surface area contributed by atoms with Crippen LogP contribution >= 0.6 is 12.2 Å². The molecule has 2 aliphatic rings. The Hall–Kier alpha value is -3.01. The molecule has 1 aromatic carbocycles. The molecule has 2 aromatic rings. The zero-order valence-electron chi connectivity index (χ0n) is 21.5. The number of aliphatic hydroxyl groups is 1. The van der Waals surface area contributed by atoms with Gasteiger partial charge in [-0.2, -0.15) is 30.6 Å². The summed E-state index contributed by atoms with van der Waals surface area (Å²) >= 11 is 5.26. The summed E-state index contributed by atoms with van der Waals surface area (Å²) < 4.78 is 114. The van der Waals surface area contributed by atoms with Gasteiger partial charge in [-0.15, -0.1) is 0 Å². The molecule has 0 radical (unpaired) electrons. The molecule has 1 N–H and O–H groups in total. The van der Waals surface area contributed by atoms with Crippen molar-refractivity contribution in [1.82, 2.24) is 9.29 Å². The summed E-state index contributed by atoms with van der Waals surface area (Å²) in [6.45, 7) is -0.0293. The van der Waals surface area contributed by atoms with E-state index in [0.717, 1.165) is 12.1 Å². The van der Waals surface area contributed by atoms with Crippen molar-refractivity contribution in [3.05, 3.63) is 76.9 Å². The average Bonchev–Trinajstić information content (AvgIpc) is 2.91. The molecule has 0 saturated carbocycles. The second kappa shape index (κ2) is 11.3. The van der Waals surface area contributed by atoms with E-state index in [0.29, 0.717) is 30.1 Å². The third-order valence-corrected chi connectivity index (χ3v) is 9.36. The van der Waals surface area contributed by atoms with E-state index in [-0.39, 0.29) is 41.5 Å². The van der Waals surface area contributed by atoms with Crippen LogP contribution in [0, 0.1) is 0 Å². The van der Waals surface area contributed by atoms with Gasteiger partial charge in [-0.1, -0.05) is 42.6 Å². The minimum atomic E-state index is -6.02. The standard InChI is InChI=1S/C26H25F6N3O4S2/c1-39-23-8-4-5-18(33-23)15-20-16-34(41(37,38)22-7-3-2-6-21(22)40)13-14-35(20)19-11-9-17(10-12-19)24(36,25(27,28)29)26(30,31)32/h2-5,7-12,20,36H,6,13-16H2,1H3/t20-/m1/s1. The average molecular weight is 622 g/mol. The number of ether oxygens (including phenoxy) is 1. The van der Waals surface area contributed by atoms with E-state index in [1.54, 1.807) is 35.3 Å². The molecule has 1 fully saturated rings. The number of rotatable bonds is 7. The van der Waals surface area contributed by atoms with Crippen LogP contribution in [0.1, 0.15) is 17.7 Å². The Labute approximate surface area is 237 Å². The molecule has 1 saturated heterocycles. The van der Waals surface area contributed by atoms with Crippen LogP contribution in [0.25, 0.3) is 0 Å².